The van der Waals surface area contributed by atoms with Crippen molar-refractivity contribution >= 4 is 50.6 Å². The molecule has 0 saturated carbocycles. The largest absolute Gasteiger partial charge is 0.378 e. The summed E-state index contributed by atoms with van der Waals surface area (Å²) in [5.41, 5.74) is 0.156. The van der Waals surface area contributed by atoms with E-state index in [1.807, 2.05) is 0 Å². The van der Waals surface area contributed by atoms with Gasteiger partial charge >= 0.3 is 0 Å². The molecule has 0 radical (unpaired) electrons. The van der Waals surface area contributed by atoms with Gasteiger partial charge in [-0.15, -0.1) is 11.3 Å². The van der Waals surface area contributed by atoms with E-state index in [0.29, 0.717) is 29.2 Å². The summed E-state index contributed by atoms with van der Waals surface area (Å²) >= 11 is 4.59. The molecule has 9 heteroatoms. The topological polar surface area (TPSA) is 108 Å². The zero-order chi connectivity index (χ0) is 20.3. The molecule has 144 valence electrons. The van der Waals surface area contributed by atoms with Crippen molar-refractivity contribution < 1.29 is 19.1 Å². The predicted octanol–water partition coefficient (Wildman–Crippen LogP) is 3.05. The zero-order valence-electron chi connectivity index (χ0n) is 14.9. The van der Waals surface area contributed by atoms with Crippen molar-refractivity contribution in [3.05, 3.63) is 50.1 Å². The Balaban J connectivity index is 1.78. The highest BCUT2D eigenvalue weighted by Crippen LogP contribution is 2.26. The minimum Gasteiger partial charge on any atom is -0.378 e. The number of amides is 2. The van der Waals surface area contributed by atoms with Crippen LogP contribution in [0.5, 0.6) is 0 Å². The summed E-state index contributed by atoms with van der Waals surface area (Å²) in [6, 6.07) is 9.69. The Kier molecular flexibility index (Phi) is 5.93. The van der Waals surface area contributed by atoms with Crippen LogP contribution in [0, 0.1) is 18.3 Å². The fraction of sp³-hybridized carbons (Fsp3) is 0.263. The van der Waals surface area contributed by atoms with Crippen molar-refractivity contribution in [3.63, 3.8) is 0 Å². The lowest BCUT2D eigenvalue weighted by Gasteiger charge is -2.27. The van der Waals surface area contributed by atoms with Gasteiger partial charge in [-0.05, 0) is 58.7 Å². The molecule has 7 nitrogen and oxygen atoms in total. The molecule has 0 spiro atoms. The fourth-order valence-electron chi connectivity index (χ4n) is 2.92. The van der Waals surface area contributed by atoms with Crippen LogP contribution in [0.3, 0.4) is 0 Å². The highest BCUT2D eigenvalue weighted by atomic mass is 79.9. The first-order valence-corrected chi connectivity index (χ1v) is 9.98. The molecule has 1 atom stereocenters. The van der Waals surface area contributed by atoms with Gasteiger partial charge in [0.2, 0.25) is 0 Å². The average Bonchev–Trinajstić information content (AvgIpc) is 3.31. The maximum atomic E-state index is 13.0. The average molecular weight is 462 g/mol. The molecule has 2 aromatic rings. The van der Waals surface area contributed by atoms with Crippen LogP contribution in [0.25, 0.3) is 0 Å². The minimum absolute atomic E-state index is 0.0705. The van der Waals surface area contributed by atoms with Gasteiger partial charge in [0, 0.05) is 24.3 Å². The SMILES string of the molecule is Cc1cc(NC(=O)C2(NC(=O)c3ccc(Br)s3)CCOC2)ccc1C(=O)C#N. The van der Waals surface area contributed by atoms with E-state index in [4.69, 9.17) is 10.00 Å². The van der Waals surface area contributed by atoms with Crippen LogP contribution in [0.15, 0.2) is 34.1 Å². The number of thiophene rings is 1. The molecule has 0 bridgehead atoms. The molecule has 0 aliphatic carbocycles. The molecule has 1 aromatic heterocycles. The Morgan fingerprint density at radius 3 is 2.64 bits per heavy atom. The summed E-state index contributed by atoms with van der Waals surface area (Å²) in [6.45, 7) is 2.11. The Hall–Kier alpha value is -2.54. The highest BCUT2D eigenvalue weighted by molar-refractivity contribution is 9.11. The molecular weight excluding hydrogens is 446 g/mol. The van der Waals surface area contributed by atoms with E-state index in [1.165, 1.54) is 17.4 Å². The Morgan fingerprint density at radius 2 is 2.07 bits per heavy atom. The molecule has 1 aliphatic heterocycles. The lowest BCUT2D eigenvalue weighted by Crippen LogP contribution is -2.57. The normalized spacial score (nSPS) is 18.3. The van der Waals surface area contributed by atoms with E-state index in [-0.39, 0.29) is 18.1 Å². The standard InChI is InChI=1S/C19H16BrN3O4S/c1-11-8-12(2-3-13(11)14(24)9-21)22-18(26)19(6-7-27-10-19)23-17(25)15-4-5-16(20)28-15/h2-5,8H,6-7,10H2,1H3,(H,22,26)(H,23,25). The Labute approximate surface area is 173 Å². The number of hydrogen-bond donors (Lipinski definition) is 2. The number of nitrogens with zero attached hydrogens (tertiary/aromatic N) is 1. The number of ketones is 1. The van der Waals surface area contributed by atoms with Gasteiger partial charge in [0.15, 0.2) is 0 Å². The number of carbonyl (C=O) groups is 3. The smallest absolute Gasteiger partial charge is 0.262 e. The number of carbonyl (C=O) groups excluding carboxylic acids is 3. The van der Waals surface area contributed by atoms with Crippen molar-refractivity contribution in [1.82, 2.24) is 5.32 Å². The van der Waals surface area contributed by atoms with Crippen LogP contribution < -0.4 is 10.6 Å². The molecule has 1 aromatic carbocycles. The molecule has 2 amide bonds. The molecule has 1 unspecified atom stereocenters. The van der Waals surface area contributed by atoms with Gasteiger partial charge in [-0.3, -0.25) is 14.4 Å². The number of benzene rings is 1. The first-order chi connectivity index (χ1) is 13.3. The quantitative estimate of drug-likeness (QED) is 0.525. The van der Waals surface area contributed by atoms with Gasteiger partial charge in [-0.25, -0.2) is 0 Å². The van der Waals surface area contributed by atoms with E-state index in [9.17, 15) is 14.4 Å². The van der Waals surface area contributed by atoms with E-state index < -0.39 is 17.2 Å². The summed E-state index contributed by atoms with van der Waals surface area (Å²) < 4.78 is 6.21. The molecule has 2 heterocycles. The monoisotopic (exact) mass is 461 g/mol. The summed E-state index contributed by atoms with van der Waals surface area (Å²) in [5.74, 6) is -1.37. The third kappa shape index (κ3) is 4.14. The Bertz CT molecular complexity index is 989. The van der Waals surface area contributed by atoms with Gasteiger partial charge in [-0.2, -0.15) is 5.26 Å². The highest BCUT2D eigenvalue weighted by Gasteiger charge is 2.44. The third-order valence-corrected chi connectivity index (χ3v) is 6.06. The van der Waals surface area contributed by atoms with E-state index in [1.54, 1.807) is 37.3 Å². The third-order valence-electron chi connectivity index (χ3n) is 4.44. The molecular formula is C19H16BrN3O4S. The van der Waals surface area contributed by atoms with Crippen LogP contribution in [-0.4, -0.2) is 36.4 Å². The second-order valence-electron chi connectivity index (χ2n) is 6.37. The van der Waals surface area contributed by atoms with Gasteiger partial charge in [0.1, 0.15) is 11.6 Å². The second-order valence-corrected chi connectivity index (χ2v) is 8.83. The van der Waals surface area contributed by atoms with Crippen LogP contribution in [0.1, 0.15) is 32.0 Å². The zero-order valence-corrected chi connectivity index (χ0v) is 17.3. The van der Waals surface area contributed by atoms with Crippen LogP contribution in [0.4, 0.5) is 5.69 Å². The number of nitriles is 1. The number of ether oxygens (including phenoxy) is 1. The van der Waals surface area contributed by atoms with Crippen molar-refractivity contribution in [2.75, 3.05) is 18.5 Å². The molecule has 2 N–H and O–H groups in total. The lowest BCUT2D eigenvalue weighted by atomic mass is 9.96. The van der Waals surface area contributed by atoms with E-state index >= 15 is 0 Å². The van der Waals surface area contributed by atoms with Crippen molar-refractivity contribution in [1.29, 1.82) is 5.26 Å². The predicted molar refractivity (Wildman–Crippen MR) is 107 cm³/mol. The minimum atomic E-state index is -1.18. The van der Waals surface area contributed by atoms with Crippen LogP contribution >= 0.6 is 27.3 Å². The molecule has 1 fully saturated rings. The molecule has 1 saturated heterocycles. The lowest BCUT2D eigenvalue weighted by molar-refractivity contribution is -0.122. The van der Waals surface area contributed by atoms with Gasteiger partial charge < -0.3 is 15.4 Å². The summed E-state index contributed by atoms with van der Waals surface area (Å²) in [6.07, 6.45) is 0.348. The van der Waals surface area contributed by atoms with Crippen LogP contribution in [0.2, 0.25) is 0 Å². The number of nitrogens with one attached hydrogen (secondary N) is 2. The molecule has 28 heavy (non-hydrogen) atoms. The van der Waals surface area contributed by atoms with Crippen molar-refractivity contribution in [3.8, 4) is 6.07 Å². The number of Topliss-reactive ketones (excluding diaryl/α,β-unsaturated/α-hetero) is 1. The number of hydrogen-bond acceptors (Lipinski definition) is 6. The van der Waals surface area contributed by atoms with Crippen molar-refractivity contribution in [2.24, 2.45) is 0 Å². The number of aryl methyl sites for hydroxylation is 1. The molecule has 3 rings (SSSR count). The van der Waals surface area contributed by atoms with Gasteiger partial charge in [-0.1, -0.05) is 0 Å². The summed E-state index contributed by atoms with van der Waals surface area (Å²) in [4.78, 5) is 37.6. The van der Waals surface area contributed by atoms with Crippen LogP contribution in [-0.2, 0) is 9.53 Å². The summed E-state index contributed by atoms with van der Waals surface area (Å²) in [5, 5.41) is 14.3. The van der Waals surface area contributed by atoms with Gasteiger partial charge in [0.05, 0.1) is 15.3 Å². The first kappa shape index (κ1) is 20.2. The summed E-state index contributed by atoms with van der Waals surface area (Å²) in [7, 11) is 0. The Morgan fingerprint density at radius 1 is 1.29 bits per heavy atom. The number of halogens is 1. The van der Waals surface area contributed by atoms with Gasteiger partial charge in [0.25, 0.3) is 17.6 Å². The van der Waals surface area contributed by atoms with Crippen molar-refractivity contribution in [2.45, 2.75) is 18.9 Å². The number of rotatable bonds is 5. The maximum Gasteiger partial charge on any atom is 0.262 e. The first-order valence-electron chi connectivity index (χ1n) is 8.37. The fourth-order valence-corrected chi connectivity index (χ4v) is 4.20. The van der Waals surface area contributed by atoms with E-state index in [2.05, 4.69) is 26.6 Å². The second kappa shape index (κ2) is 8.22. The number of anilines is 1. The molecule has 1 aliphatic rings. The van der Waals surface area contributed by atoms with E-state index in [0.717, 1.165) is 3.79 Å². The maximum absolute atomic E-state index is 13.0.